The summed E-state index contributed by atoms with van der Waals surface area (Å²) in [7, 11) is 0. The smallest absolute Gasteiger partial charge is 0.0238 e. The van der Waals surface area contributed by atoms with E-state index in [4.69, 9.17) is 0 Å². The molecule has 25 heavy (non-hydrogen) atoms. The molecule has 0 aliphatic heterocycles. The minimum absolute atomic E-state index is 1.12. The molecular formula is C25H43. The maximum Gasteiger partial charge on any atom is -0.0238 e. The van der Waals surface area contributed by atoms with Crippen LogP contribution in [-0.4, -0.2) is 0 Å². The highest BCUT2D eigenvalue weighted by Crippen LogP contribution is 2.14. The topological polar surface area (TPSA) is 0 Å². The Kier molecular flexibility index (Phi) is 14.8. The maximum atomic E-state index is 3.94. The molecule has 143 valence electrons. The second-order valence-electron chi connectivity index (χ2n) is 7.87. The Balaban J connectivity index is 1.74. The van der Waals surface area contributed by atoms with Gasteiger partial charge in [-0.1, -0.05) is 128 Å². The quantitative estimate of drug-likeness (QED) is 0.248. The molecule has 0 amide bonds. The van der Waals surface area contributed by atoms with Gasteiger partial charge in [0.2, 0.25) is 0 Å². The van der Waals surface area contributed by atoms with Crippen molar-refractivity contribution >= 4 is 0 Å². The Bertz CT molecular complexity index is 376. The van der Waals surface area contributed by atoms with E-state index in [-0.39, 0.29) is 0 Å². The van der Waals surface area contributed by atoms with Crippen LogP contribution in [-0.2, 0) is 6.42 Å². The molecule has 1 rings (SSSR count). The van der Waals surface area contributed by atoms with E-state index >= 15 is 0 Å². The lowest BCUT2D eigenvalue weighted by molar-refractivity contribution is 0.529. The predicted molar refractivity (Wildman–Crippen MR) is 114 cm³/mol. The molecular weight excluding hydrogens is 300 g/mol. The molecule has 0 atom stereocenters. The third kappa shape index (κ3) is 14.1. The van der Waals surface area contributed by atoms with Crippen molar-refractivity contribution in [1.29, 1.82) is 0 Å². The van der Waals surface area contributed by atoms with E-state index in [0.717, 1.165) is 5.56 Å². The van der Waals surface area contributed by atoms with Crippen LogP contribution in [0.2, 0.25) is 0 Å². The van der Waals surface area contributed by atoms with Gasteiger partial charge in [0.25, 0.3) is 0 Å². The van der Waals surface area contributed by atoms with E-state index in [2.05, 4.69) is 38.1 Å². The van der Waals surface area contributed by atoms with Gasteiger partial charge < -0.3 is 0 Å². The van der Waals surface area contributed by atoms with E-state index in [1.54, 1.807) is 0 Å². The Morgan fingerprint density at radius 1 is 0.520 bits per heavy atom. The zero-order chi connectivity index (χ0) is 18.0. The summed E-state index contributed by atoms with van der Waals surface area (Å²) in [5.41, 5.74) is 2.59. The second-order valence-corrected chi connectivity index (χ2v) is 7.87. The molecule has 0 fully saturated rings. The summed E-state index contributed by atoms with van der Waals surface area (Å²) >= 11 is 0. The molecule has 1 aromatic carbocycles. The highest BCUT2D eigenvalue weighted by molar-refractivity contribution is 5.24. The minimum atomic E-state index is 1.12. The number of rotatable bonds is 17. The van der Waals surface area contributed by atoms with Crippen molar-refractivity contribution in [3.05, 3.63) is 42.3 Å². The lowest BCUT2D eigenvalue weighted by atomic mass is 10.0. The zero-order valence-corrected chi connectivity index (χ0v) is 17.0. The van der Waals surface area contributed by atoms with E-state index in [0.29, 0.717) is 0 Å². The number of aryl methyl sites for hydroxylation is 1. The van der Waals surface area contributed by atoms with Gasteiger partial charge in [-0.05, 0) is 30.9 Å². The molecule has 0 aliphatic carbocycles. The first kappa shape index (κ1) is 22.3. The first-order valence-corrected chi connectivity index (χ1v) is 11.2. The van der Waals surface area contributed by atoms with E-state index < -0.39 is 0 Å². The summed E-state index contributed by atoms with van der Waals surface area (Å²) in [6.07, 6.45) is 24.3. The number of hydrogen-bond acceptors (Lipinski definition) is 0. The summed E-state index contributed by atoms with van der Waals surface area (Å²) in [6, 6.07) is 8.71. The molecule has 0 N–H and O–H groups in total. The largest absolute Gasteiger partial charge is 0.0654 e. The highest BCUT2D eigenvalue weighted by Gasteiger charge is 1.96. The van der Waals surface area contributed by atoms with Gasteiger partial charge in [-0.3, -0.25) is 0 Å². The molecule has 0 saturated carbocycles. The molecule has 0 aliphatic rings. The monoisotopic (exact) mass is 343 g/mol. The first-order valence-electron chi connectivity index (χ1n) is 11.2. The van der Waals surface area contributed by atoms with Crippen LogP contribution < -0.4 is 0 Å². The van der Waals surface area contributed by atoms with Crippen molar-refractivity contribution in [2.75, 3.05) is 0 Å². The van der Waals surface area contributed by atoms with Crippen LogP contribution in [0.5, 0.6) is 0 Å². The van der Waals surface area contributed by atoms with Gasteiger partial charge in [0, 0.05) is 0 Å². The Hall–Kier alpha value is -0.780. The molecule has 0 unspecified atom stereocenters. The zero-order valence-electron chi connectivity index (χ0n) is 17.0. The molecule has 0 bridgehead atoms. The van der Waals surface area contributed by atoms with Crippen molar-refractivity contribution in [3.63, 3.8) is 0 Å². The summed E-state index contributed by atoms with van der Waals surface area (Å²) in [6.45, 7) is 6.24. The Labute approximate surface area is 158 Å². The van der Waals surface area contributed by atoms with Crippen molar-refractivity contribution in [3.8, 4) is 0 Å². The lowest BCUT2D eigenvalue weighted by Gasteiger charge is -2.04. The first-order chi connectivity index (χ1) is 12.3. The molecule has 1 radical (unpaired) electrons. The Morgan fingerprint density at radius 3 is 1.28 bits per heavy atom. The third-order valence-corrected chi connectivity index (χ3v) is 5.34. The molecule has 0 spiro atoms. The fourth-order valence-corrected chi connectivity index (χ4v) is 3.58. The average molecular weight is 344 g/mol. The normalized spacial score (nSPS) is 11.1. The number of unbranched alkanes of at least 4 members (excludes halogenated alkanes) is 15. The van der Waals surface area contributed by atoms with Gasteiger partial charge in [0.05, 0.1) is 0 Å². The van der Waals surface area contributed by atoms with Gasteiger partial charge in [0.1, 0.15) is 0 Å². The number of hydrogen-bond donors (Lipinski definition) is 0. The van der Waals surface area contributed by atoms with Crippen molar-refractivity contribution < 1.29 is 0 Å². The fraction of sp³-hybridized carbons (Fsp3) is 0.720. The minimum Gasteiger partial charge on any atom is -0.0654 e. The van der Waals surface area contributed by atoms with Gasteiger partial charge in [-0.25, -0.2) is 0 Å². The van der Waals surface area contributed by atoms with Gasteiger partial charge in [-0.15, -0.1) is 0 Å². The SMILES string of the molecule is [CH2]c1ccc(CCCCCCCCCCCCCCCCCC)cc1. The summed E-state index contributed by atoms with van der Waals surface area (Å²) in [4.78, 5) is 0. The molecule has 0 heteroatoms. The standard InChI is InChI=1S/C25H43/c1-3-4-5-6-7-8-9-10-11-12-13-14-15-16-17-18-19-25-22-20-24(2)21-23-25/h20-23H,2-19H2,1H3. The third-order valence-electron chi connectivity index (χ3n) is 5.34. The molecule has 0 saturated heterocycles. The molecule has 1 aromatic rings. The van der Waals surface area contributed by atoms with Crippen LogP contribution in [0.15, 0.2) is 24.3 Å². The summed E-state index contributed by atoms with van der Waals surface area (Å²) < 4.78 is 0. The van der Waals surface area contributed by atoms with Gasteiger partial charge in [-0.2, -0.15) is 0 Å². The highest BCUT2D eigenvalue weighted by atomic mass is 14.0. The Morgan fingerprint density at radius 2 is 0.880 bits per heavy atom. The maximum absolute atomic E-state index is 3.94. The average Bonchev–Trinajstić information content (AvgIpc) is 2.63. The van der Waals surface area contributed by atoms with E-state index in [1.165, 1.54) is 115 Å². The van der Waals surface area contributed by atoms with Crippen LogP contribution >= 0.6 is 0 Å². The van der Waals surface area contributed by atoms with Crippen LogP contribution in [0.3, 0.4) is 0 Å². The van der Waals surface area contributed by atoms with Crippen LogP contribution in [0.1, 0.15) is 121 Å². The van der Waals surface area contributed by atoms with Crippen molar-refractivity contribution in [2.45, 2.75) is 116 Å². The van der Waals surface area contributed by atoms with Crippen LogP contribution in [0.25, 0.3) is 0 Å². The van der Waals surface area contributed by atoms with Crippen LogP contribution in [0.4, 0.5) is 0 Å². The van der Waals surface area contributed by atoms with E-state index in [9.17, 15) is 0 Å². The van der Waals surface area contributed by atoms with Gasteiger partial charge in [0.15, 0.2) is 0 Å². The summed E-state index contributed by atoms with van der Waals surface area (Å²) in [5, 5.41) is 0. The van der Waals surface area contributed by atoms with Crippen LogP contribution in [0, 0.1) is 6.92 Å². The van der Waals surface area contributed by atoms with E-state index in [1.807, 2.05) is 0 Å². The number of benzene rings is 1. The predicted octanol–water partition coefficient (Wildman–Crippen LogP) is 8.67. The fourth-order valence-electron chi connectivity index (χ4n) is 3.58. The second kappa shape index (κ2) is 16.7. The lowest BCUT2D eigenvalue weighted by Crippen LogP contribution is -1.87. The molecule has 0 heterocycles. The molecule has 0 aromatic heterocycles. The molecule has 0 nitrogen and oxygen atoms in total. The van der Waals surface area contributed by atoms with Gasteiger partial charge >= 0.3 is 0 Å². The van der Waals surface area contributed by atoms with Crippen molar-refractivity contribution in [2.24, 2.45) is 0 Å². The van der Waals surface area contributed by atoms with Crippen molar-refractivity contribution in [1.82, 2.24) is 0 Å². The summed E-state index contributed by atoms with van der Waals surface area (Å²) in [5.74, 6) is 0.